The zero-order valence-corrected chi connectivity index (χ0v) is 11.2. The maximum absolute atomic E-state index is 13.5. The Labute approximate surface area is 116 Å². The van der Waals surface area contributed by atoms with Gasteiger partial charge in [0.2, 0.25) is 5.91 Å². The molecular formula is C14H17F2NO3. The molecule has 1 fully saturated rings. The number of aliphatic hydroxyl groups is 1. The van der Waals surface area contributed by atoms with Crippen LogP contribution in [0.2, 0.25) is 0 Å². The Morgan fingerprint density at radius 2 is 2.25 bits per heavy atom. The molecule has 0 aromatic heterocycles. The zero-order chi connectivity index (χ0) is 14.7. The maximum atomic E-state index is 13.5. The van der Waals surface area contributed by atoms with Crippen molar-refractivity contribution in [2.24, 2.45) is 0 Å². The molecule has 1 N–H and O–H groups in total. The number of aliphatic hydroxyl groups excluding tert-OH is 1. The predicted molar refractivity (Wildman–Crippen MR) is 68.1 cm³/mol. The largest absolute Gasteiger partial charge is 0.394 e. The van der Waals surface area contributed by atoms with Gasteiger partial charge >= 0.3 is 0 Å². The highest BCUT2D eigenvalue weighted by Crippen LogP contribution is 2.16. The second kappa shape index (κ2) is 6.28. The quantitative estimate of drug-likeness (QED) is 0.905. The Kier molecular flexibility index (Phi) is 4.67. The number of amides is 1. The van der Waals surface area contributed by atoms with E-state index in [0.717, 1.165) is 18.2 Å². The molecule has 1 aliphatic rings. The van der Waals surface area contributed by atoms with Crippen molar-refractivity contribution in [3.8, 4) is 0 Å². The maximum Gasteiger partial charge on any atom is 0.227 e. The smallest absolute Gasteiger partial charge is 0.227 e. The number of hydrogen-bond donors (Lipinski definition) is 1. The van der Waals surface area contributed by atoms with Crippen LogP contribution in [-0.2, 0) is 16.0 Å². The average Bonchev–Trinajstić information content (AvgIpc) is 2.43. The molecule has 4 nitrogen and oxygen atoms in total. The number of nitrogens with zero attached hydrogens (tertiary/aromatic N) is 1. The Morgan fingerprint density at radius 3 is 2.95 bits per heavy atom. The lowest BCUT2D eigenvalue weighted by molar-refractivity contribution is -0.145. The van der Waals surface area contributed by atoms with Crippen molar-refractivity contribution in [2.45, 2.75) is 25.5 Å². The van der Waals surface area contributed by atoms with Crippen LogP contribution in [0.3, 0.4) is 0 Å². The van der Waals surface area contributed by atoms with Gasteiger partial charge in [-0.3, -0.25) is 4.79 Å². The van der Waals surface area contributed by atoms with Crippen LogP contribution in [0.5, 0.6) is 0 Å². The van der Waals surface area contributed by atoms with Crippen LogP contribution in [0, 0.1) is 11.6 Å². The Balaban J connectivity index is 2.08. The first kappa shape index (κ1) is 14.9. The minimum atomic E-state index is -0.598. The fraction of sp³-hybridized carbons (Fsp3) is 0.500. The normalized spacial score (nSPS) is 22.9. The van der Waals surface area contributed by atoms with Gasteiger partial charge in [0.15, 0.2) is 0 Å². The third-order valence-corrected chi connectivity index (χ3v) is 3.38. The van der Waals surface area contributed by atoms with Crippen LogP contribution in [0.4, 0.5) is 8.78 Å². The first-order valence-electron chi connectivity index (χ1n) is 6.47. The summed E-state index contributed by atoms with van der Waals surface area (Å²) in [4.78, 5) is 13.7. The van der Waals surface area contributed by atoms with E-state index < -0.39 is 17.7 Å². The Hall–Kier alpha value is -1.53. The van der Waals surface area contributed by atoms with Crippen molar-refractivity contribution in [3.05, 3.63) is 35.4 Å². The summed E-state index contributed by atoms with van der Waals surface area (Å²) in [7, 11) is 0. The second-order valence-corrected chi connectivity index (χ2v) is 4.95. The second-order valence-electron chi connectivity index (χ2n) is 4.95. The number of ether oxygens (including phenoxy) is 1. The lowest BCUT2D eigenvalue weighted by atomic mass is 10.1. The third kappa shape index (κ3) is 3.32. The van der Waals surface area contributed by atoms with Crippen molar-refractivity contribution >= 4 is 5.91 Å². The molecule has 1 heterocycles. The summed E-state index contributed by atoms with van der Waals surface area (Å²) in [6.45, 7) is 2.22. The van der Waals surface area contributed by atoms with E-state index >= 15 is 0 Å². The van der Waals surface area contributed by atoms with E-state index in [1.807, 2.05) is 6.92 Å². The van der Waals surface area contributed by atoms with Gasteiger partial charge in [-0.05, 0) is 25.1 Å². The van der Waals surface area contributed by atoms with Crippen molar-refractivity contribution in [3.63, 3.8) is 0 Å². The standard InChI is InChI=1S/C14H17F2NO3/c1-9-8-20-12(7-18)6-17(9)14(19)5-10-4-11(15)2-3-13(10)16/h2-4,9,12,18H,5-8H2,1H3. The van der Waals surface area contributed by atoms with Crippen molar-refractivity contribution in [1.29, 1.82) is 0 Å². The summed E-state index contributed by atoms with van der Waals surface area (Å²) < 4.78 is 32.0. The molecular weight excluding hydrogens is 268 g/mol. The molecule has 1 amide bonds. The van der Waals surface area contributed by atoms with Gasteiger partial charge < -0.3 is 14.7 Å². The number of hydrogen-bond acceptors (Lipinski definition) is 3. The minimum Gasteiger partial charge on any atom is -0.394 e. The van der Waals surface area contributed by atoms with Gasteiger partial charge in [0.25, 0.3) is 0 Å². The first-order valence-corrected chi connectivity index (χ1v) is 6.47. The lowest BCUT2D eigenvalue weighted by Gasteiger charge is -2.37. The fourth-order valence-electron chi connectivity index (χ4n) is 2.22. The monoisotopic (exact) mass is 285 g/mol. The highest BCUT2D eigenvalue weighted by atomic mass is 19.1. The molecule has 6 heteroatoms. The number of benzene rings is 1. The molecule has 0 spiro atoms. The number of carbonyl (C=O) groups excluding carboxylic acids is 1. The van der Waals surface area contributed by atoms with E-state index in [1.54, 1.807) is 0 Å². The summed E-state index contributed by atoms with van der Waals surface area (Å²) in [5, 5.41) is 9.07. The van der Waals surface area contributed by atoms with Crippen LogP contribution in [0.15, 0.2) is 18.2 Å². The lowest BCUT2D eigenvalue weighted by Crippen LogP contribution is -2.52. The Morgan fingerprint density at radius 1 is 1.50 bits per heavy atom. The van der Waals surface area contributed by atoms with Crippen LogP contribution in [0.1, 0.15) is 12.5 Å². The van der Waals surface area contributed by atoms with Crippen LogP contribution < -0.4 is 0 Å². The van der Waals surface area contributed by atoms with Gasteiger partial charge in [0.05, 0.1) is 31.8 Å². The first-order chi connectivity index (χ1) is 9.51. The molecule has 0 bridgehead atoms. The van der Waals surface area contributed by atoms with Crippen molar-refractivity contribution in [1.82, 2.24) is 4.90 Å². The topological polar surface area (TPSA) is 49.8 Å². The summed E-state index contributed by atoms with van der Waals surface area (Å²) in [6.07, 6.45) is -0.626. The summed E-state index contributed by atoms with van der Waals surface area (Å²) in [6, 6.07) is 2.91. The van der Waals surface area contributed by atoms with E-state index in [0.29, 0.717) is 6.61 Å². The van der Waals surface area contributed by atoms with Crippen molar-refractivity contribution in [2.75, 3.05) is 19.8 Å². The summed E-state index contributed by atoms with van der Waals surface area (Å²) in [5.74, 6) is -1.47. The molecule has 1 saturated heterocycles. The van der Waals surface area contributed by atoms with E-state index in [4.69, 9.17) is 9.84 Å². The number of morpholine rings is 1. The zero-order valence-electron chi connectivity index (χ0n) is 11.2. The molecule has 1 aromatic carbocycles. The van der Waals surface area contributed by atoms with Gasteiger partial charge in [-0.2, -0.15) is 0 Å². The van der Waals surface area contributed by atoms with Gasteiger partial charge in [0, 0.05) is 12.1 Å². The molecule has 2 rings (SSSR count). The molecule has 1 aromatic rings. The van der Waals surface area contributed by atoms with E-state index in [-0.39, 0.29) is 37.1 Å². The fourth-order valence-corrected chi connectivity index (χ4v) is 2.22. The highest BCUT2D eigenvalue weighted by Gasteiger charge is 2.29. The highest BCUT2D eigenvalue weighted by molar-refractivity contribution is 5.79. The van der Waals surface area contributed by atoms with Crippen LogP contribution in [0.25, 0.3) is 0 Å². The molecule has 2 unspecified atom stereocenters. The molecule has 0 saturated carbocycles. The SMILES string of the molecule is CC1COC(CO)CN1C(=O)Cc1cc(F)ccc1F. The summed E-state index contributed by atoms with van der Waals surface area (Å²) in [5.41, 5.74) is 0.0363. The molecule has 110 valence electrons. The molecule has 2 atom stereocenters. The number of halogens is 2. The van der Waals surface area contributed by atoms with Gasteiger partial charge in [-0.1, -0.05) is 0 Å². The molecule has 20 heavy (non-hydrogen) atoms. The molecule has 1 aliphatic heterocycles. The third-order valence-electron chi connectivity index (χ3n) is 3.38. The Bertz CT molecular complexity index is 495. The van der Waals surface area contributed by atoms with Crippen molar-refractivity contribution < 1.29 is 23.4 Å². The summed E-state index contributed by atoms with van der Waals surface area (Å²) >= 11 is 0. The van der Waals surface area contributed by atoms with E-state index in [9.17, 15) is 13.6 Å². The van der Waals surface area contributed by atoms with Gasteiger partial charge in [-0.15, -0.1) is 0 Å². The number of carbonyl (C=O) groups is 1. The van der Waals surface area contributed by atoms with E-state index in [2.05, 4.69) is 0 Å². The predicted octanol–water partition coefficient (Wildman–Crippen LogP) is 1.12. The van der Waals surface area contributed by atoms with Gasteiger partial charge in [-0.25, -0.2) is 8.78 Å². The minimum absolute atomic E-state index is 0.0363. The van der Waals surface area contributed by atoms with Crippen LogP contribution >= 0.6 is 0 Å². The average molecular weight is 285 g/mol. The molecule has 0 radical (unpaired) electrons. The van der Waals surface area contributed by atoms with Crippen LogP contribution in [-0.4, -0.2) is 47.8 Å². The van der Waals surface area contributed by atoms with E-state index in [1.165, 1.54) is 4.90 Å². The molecule has 0 aliphatic carbocycles. The van der Waals surface area contributed by atoms with Gasteiger partial charge in [0.1, 0.15) is 11.6 Å². The number of rotatable bonds is 3.